The van der Waals surface area contributed by atoms with Gasteiger partial charge >= 0.3 is 0 Å². The van der Waals surface area contributed by atoms with Crippen LogP contribution in [0.2, 0.25) is 0 Å². The zero-order chi connectivity index (χ0) is 13.2. The normalized spacial score (nSPS) is 10.8. The smallest absolute Gasteiger partial charge is 0.255 e. The first kappa shape index (κ1) is 11.9. The van der Waals surface area contributed by atoms with Gasteiger partial charge < -0.3 is 9.73 Å². The largest absolute Gasteiger partial charge is 0.469 e. The second-order valence-electron chi connectivity index (χ2n) is 4.15. The van der Waals surface area contributed by atoms with Crippen molar-refractivity contribution < 1.29 is 9.21 Å². The number of carbonyl (C=O) groups excluding carboxylic acids is 1. The number of nitrogens with one attached hydrogen (secondary N) is 1. The fourth-order valence-corrected chi connectivity index (χ4v) is 2.77. The molecule has 0 radical (unpaired) electrons. The Morgan fingerprint density at radius 2 is 2.21 bits per heavy atom. The molecule has 0 atom stereocenters. The number of aromatic nitrogens is 1. The summed E-state index contributed by atoms with van der Waals surface area (Å²) in [5.41, 5.74) is 1.54. The summed E-state index contributed by atoms with van der Waals surface area (Å²) in [6.45, 7) is 2.20. The third-order valence-electron chi connectivity index (χ3n) is 2.84. The Morgan fingerprint density at radius 1 is 1.37 bits per heavy atom. The van der Waals surface area contributed by atoms with E-state index in [4.69, 9.17) is 4.42 Å². The lowest BCUT2D eigenvalue weighted by Gasteiger charge is -2.01. The minimum absolute atomic E-state index is 0.134. The Bertz CT molecular complexity index is 697. The van der Waals surface area contributed by atoms with Crippen LogP contribution in [0.1, 0.15) is 21.1 Å². The molecule has 0 aliphatic carbocycles. The Hall–Kier alpha value is -2.14. The van der Waals surface area contributed by atoms with Gasteiger partial charge in [-0.1, -0.05) is 12.1 Å². The Morgan fingerprint density at radius 3 is 2.95 bits per heavy atom. The Labute approximate surface area is 114 Å². The molecule has 2 aromatic heterocycles. The number of hydrogen-bond donors (Lipinski definition) is 1. The van der Waals surface area contributed by atoms with E-state index in [0.717, 1.165) is 15.2 Å². The zero-order valence-electron chi connectivity index (χ0n) is 10.3. The number of para-hydroxylation sites is 1. The Balaban J connectivity index is 1.72. The molecule has 0 bridgehead atoms. The summed E-state index contributed by atoms with van der Waals surface area (Å²) >= 11 is 1.59. The van der Waals surface area contributed by atoms with Crippen LogP contribution in [0, 0.1) is 6.92 Å². The summed E-state index contributed by atoms with van der Waals surface area (Å²) in [5.74, 6) is 0.493. The van der Waals surface area contributed by atoms with Crippen molar-refractivity contribution in [2.75, 3.05) is 0 Å². The van der Waals surface area contributed by atoms with E-state index in [1.54, 1.807) is 24.3 Å². The van der Waals surface area contributed by atoms with E-state index in [1.165, 1.54) is 6.26 Å². The van der Waals surface area contributed by atoms with Crippen LogP contribution in [0.5, 0.6) is 0 Å². The fourth-order valence-electron chi connectivity index (χ4n) is 1.87. The second kappa shape index (κ2) is 4.85. The number of amides is 1. The SMILES string of the molecule is Cc1occc1C(=O)NCc1nc2ccccc2s1. The first-order valence-corrected chi connectivity index (χ1v) is 6.72. The molecule has 1 amide bonds. The fraction of sp³-hybridized carbons (Fsp3) is 0.143. The van der Waals surface area contributed by atoms with Crippen molar-refractivity contribution in [3.05, 3.63) is 52.9 Å². The molecule has 5 heteroatoms. The van der Waals surface area contributed by atoms with E-state index in [0.29, 0.717) is 17.9 Å². The summed E-state index contributed by atoms with van der Waals surface area (Å²) in [6, 6.07) is 9.61. The van der Waals surface area contributed by atoms with Crippen LogP contribution in [0.4, 0.5) is 0 Å². The lowest BCUT2D eigenvalue weighted by Crippen LogP contribution is -2.22. The molecule has 0 saturated carbocycles. The van der Waals surface area contributed by atoms with Gasteiger partial charge in [0.15, 0.2) is 0 Å². The quantitative estimate of drug-likeness (QED) is 0.797. The third-order valence-corrected chi connectivity index (χ3v) is 3.88. The number of aryl methyl sites for hydroxylation is 1. The lowest BCUT2D eigenvalue weighted by molar-refractivity contribution is 0.0949. The van der Waals surface area contributed by atoms with Crippen LogP contribution in [0.25, 0.3) is 10.2 Å². The van der Waals surface area contributed by atoms with Gasteiger partial charge in [-0.05, 0) is 25.1 Å². The number of rotatable bonds is 3. The van der Waals surface area contributed by atoms with E-state index >= 15 is 0 Å². The van der Waals surface area contributed by atoms with Crippen molar-refractivity contribution in [3.63, 3.8) is 0 Å². The van der Waals surface area contributed by atoms with Crippen molar-refractivity contribution in [2.24, 2.45) is 0 Å². The van der Waals surface area contributed by atoms with Crippen LogP contribution >= 0.6 is 11.3 Å². The topological polar surface area (TPSA) is 55.1 Å². The lowest BCUT2D eigenvalue weighted by atomic mass is 10.2. The minimum Gasteiger partial charge on any atom is -0.469 e. The van der Waals surface area contributed by atoms with Crippen LogP contribution in [0.3, 0.4) is 0 Å². The van der Waals surface area contributed by atoms with E-state index in [-0.39, 0.29) is 5.91 Å². The number of furan rings is 1. The first-order valence-electron chi connectivity index (χ1n) is 5.91. The van der Waals surface area contributed by atoms with Gasteiger partial charge in [-0.3, -0.25) is 4.79 Å². The average Bonchev–Trinajstić information content (AvgIpc) is 3.01. The van der Waals surface area contributed by atoms with Gasteiger partial charge in [0.1, 0.15) is 10.8 Å². The summed E-state index contributed by atoms with van der Waals surface area (Å²) in [5, 5.41) is 3.75. The molecule has 0 unspecified atom stereocenters. The summed E-state index contributed by atoms with van der Waals surface area (Å²) < 4.78 is 6.24. The van der Waals surface area contributed by atoms with Gasteiger partial charge in [0.05, 0.1) is 28.6 Å². The molecule has 2 heterocycles. The number of fused-ring (bicyclic) bond motifs is 1. The van der Waals surface area contributed by atoms with Gasteiger partial charge in [0, 0.05) is 0 Å². The molecule has 1 aromatic carbocycles. The van der Waals surface area contributed by atoms with Gasteiger partial charge in [0.2, 0.25) is 0 Å². The highest BCUT2D eigenvalue weighted by atomic mass is 32.1. The molecule has 3 rings (SSSR count). The van der Waals surface area contributed by atoms with E-state index in [1.807, 2.05) is 24.3 Å². The van der Waals surface area contributed by atoms with E-state index in [9.17, 15) is 4.79 Å². The van der Waals surface area contributed by atoms with Gasteiger partial charge in [-0.25, -0.2) is 4.98 Å². The highest BCUT2D eigenvalue weighted by molar-refractivity contribution is 7.18. The van der Waals surface area contributed by atoms with Crippen LogP contribution in [-0.4, -0.2) is 10.9 Å². The first-order chi connectivity index (χ1) is 9.24. The van der Waals surface area contributed by atoms with E-state index < -0.39 is 0 Å². The molecule has 3 aromatic rings. The zero-order valence-corrected chi connectivity index (χ0v) is 11.2. The average molecular weight is 272 g/mol. The number of hydrogen-bond acceptors (Lipinski definition) is 4. The number of carbonyl (C=O) groups is 1. The molecular weight excluding hydrogens is 260 g/mol. The molecule has 19 heavy (non-hydrogen) atoms. The number of benzene rings is 1. The number of nitrogens with zero attached hydrogens (tertiary/aromatic N) is 1. The second-order valence-corrected chi connectivity index (χ2v) is 5.26. The van der Waals surface area contributed by atoms with Crippen molar-refractivity contribution in [1.82, 2.24) is 10.3 Å². The molecular formula is C14H12N2O2S. The maximum absolute atomic E-state index is 11.9. The number of thiazole rings is 1. The van der Waals surface area contributed by atoms with Crippen LogP contribution in [-0.2, 0) is 6.54 Å². The summed E-state index contributed by atoms with van der Waals surface area (Å²) in [6.07, 6.45) is 1.52. The molecule has 1 N–H and O–H groups in total. The van der Waals surface area contributed by atoms with Gasteiger partial charge in [-0.2, -0.15) is 0 Å². The standard InChI is InChI=1S/C14H12N2O2S/c1-9-10(6-7-18-9)14(17)15-8-13-16-11-4-2-3-5-12(11)19-13/h2-7H,8H2,1H3,(H,15,17). The van der Waals surface area contributed by atoms with Crippen molar-refractivity contribution >= 4 is 27.5 Å². The van der Waals surface area contributed by atoms with Crippen LogP contribution < -0.4 is 5.32 Å². The maximum atomic E-state index is 11.9. The van der Waals surface area contributed by atoms with Crippen molar-refractivity contribution in [1.29, 1.82) is 0 Å². The molecule has 96 valence electrons. The van der Waals surface area contributed by atoms with Gasteiger partial charge in [0.25, 0.3) is 5.91 Å². The van der Waals surface area contributed by atoms with Crippen molar-refractivity contribution in [2.45, 2.75) is 13.5 Å². The van der Waals surface area contributed by atoms with Crippen LogP contribution in [0.15, 0.2) is 41.0 Å². The highest BCUT2D eigenvalue weighted by Gasteiger charge is 2.11. The third kappa shape index (κ3) is 2.37. The maximum Gasteiger partial charge on any atom is 0.255 e. The molecule has 0 saturated heterocycles. The molecule has 0 spiro atoms. The minimum atomic E-state index is -0.134. The summed E-state index contributed by atoms with van der Waals surface area (Å²) in [7, 11) is 0. The molecule has 0 aliphatic rings. The van der Waals surface area contributed by atoms with E-state index in [2.05, 4.69) is 10.3 Å². The molecule has 4 nitrogen and oxygen atoms in total. The summed E-state index contributed by atoms with van der Waals surface area (Å²) in [4.78, 5) is 16.4. The molecule has 0 aliphatic heterocycles. The molecule has 0 fully saturated rings. The van der Waals surface area contributed by atoms with Gasteiger partial charge in [-0.15, -0.1) is 11.3 Å². The monoisotopic (exact) mass is 272 g/mol. The Kier molecular flexibility index (Phi) is 3.05. The predicted molar refractivity (Wildman–Crippen MR) is 74.2 cm³/mol. The van der Waals surface area contributed by atoms with Crippen molar-refractivity contribution in [3.8, 4) is 0 Å². The highest BCUT2D eigenvalue weighted by Crippen LogP contribution is 2.21. The predicted octanol–water partition coefficient (Wildman–Crippen LogP) is 3.13.